The van der Waals surface area contributed by atoms with E-state index in [-0.39, 0.29) is 11.9 Å². The lowest BCUT2D eigenvalue weighted by molar-refractivity contribution is -0.131. The van der Waals surface area contributed by atoms with Gasteiger partial charge in [-0.05, 0) is 24.7 Å². The summed E-state index contributed by atoms with van der Waals surface area (Å²) < 4.78 is 0. The predicted molar refractivity (Wildman–Crippen MR) is 60.3 cm³/mol. The zero-order chi connectivity index (χ0) is 11.1. The fraction of sp³-hybridized carbons (Fsp3) is 0.917. The van der Waals surface area contributed by atoms with Crippen molar-refractivity contribution in [3.8, 4) is 0 Å². The zero-order valence-corrected chi connectivity index (χ0v) is 9.83. The number of hydrogen-bond donors (Lipinski definition) is 1. The molecule has 1 saturated carbocycles. The molecule has 0 aromatic carbocycles. The van der Waals surface area contributed by atoms with Gasteiger partial charge in [0, 0.05) is 19.0 Å². The van der Waals surface area contributed by atoms with Gasteiger partial charge in [0.15, 0.2) is 0 Å². The SMILES string of the molecule is CCCN1C(=O)CC(N)C1C1(C)CCC1. The van der Waals surface area contributed by atoms with Gasteiger partial charge in [-0.2, -0.15) is 0 Å². The summed E-state index contributed by atoms with van der Waals surface area (Å²) >= 11 is 0. The van der Waals surface area contributed by atoms with Crippen LogP contribution in [-0.2, 0) is 4.79 Å². The number of likely N-dealkylation sites (tertiary alicyclic amines) is 1. The van der Waals surface area contributed by atoms with Crippen molar-refractivity contribution in [1.82, 2.24) is 4.90 Å². The van der Waals surface area contributed by atoms with Crippen LogP contribution in [-0.4, -0.2) is 29.4 Å². The van der Waals surface area contributed by atoms with Crippen LogP contribution in [0.25, 0.3) is 0 Å². The predicted octanol–water partition coefficient (Wildman–Crippen LogP) is 1.51. The minimum atomic E-state index is 0.0642. The maximum Gasteiger partial charge on any atom is 0.224 e. The molecule has 2 rings (SSSR count). The van der Waals surface area contributed by atoms with Crippen molar-refractivity contribution in [1.29, 1.82) is 0 Å². The highest BCUT2D eigenvalue weighted by molar-refractivity contribution is 5.80. The summed E-state index contributed by atoms with van der Waals surface area (Å²) in [5.74, 6) is 0.266. The first-order valence-electron chi connectivity index (χ1n) is 6.13. The molecule has 3 nitrogen and oxygen atoms in total. The molecule has 2 N–H and O–H groups in total. The lowest BCUT2D eigenvalue weighted by atomic mass is 9.64. The molecule has 0 radical (unpaired) electrons. The Bertz CT molecular complexity index is 260. The molecule has 1 aliphatic heterocycles. The van der Waals surface area contributed by atoms with Gasteiger partial charge in [0.05, 0.1) is 6.04 Å². The third-order valence-corrected chi connectivity index (χ3v) is 4.15. The average Bonchev–Trinajstić information content (AvgIpc) is 2.39. The molecule has 1 heterocycles. The summed E-state index contributed by atoms with van der Waals surface area (Å²) in [5, 5.41) is 0. The standard InChI is InChI=1S/C12H22N2O/c1-3-7-14-10(15)8-9(13)11(14)12(2)5-4-6-12/h9,11H,3-8,13H2,1-2H3. The second-order valence-corrected chi connectivity index (χ2v) is 5.41. The zero-order valence-electron chi connectivity index (χ0n) is 9.83. The van der Waals surface area contributed by atoms with Gasteiger partial charge >= 0.3 is 0 Å². The molecule has 2 atom stereocenters. The fourth-order valence-electron chi connectivity index (χ4n) is 3.24. The number of nitrogens with two attached hydrogens (primary N) is 1. The van der Waals surface area contributed by atoms with Crippen LogP contribution >= 0.6 is 0 Å². The van der Waals surface area contributed by atoms with Crippen molar-refractivity contribution in [3.63, 3.8) is 0 Å². The van der Waals surface area contributed by atoms with Crippen LogP contribution in [0.3, 0.4) is 0 Å². The summed E-state index contributed by atoms with van der Waals surface area (Å²) in [6.45, 7) is 5.30. The summed E-state index contributed by atoms with van der Waals surface area (Å²) in [5.41, 5.74) is 6.43. The van der Waals surface area contributed by atoms with E-state index in [1.54, 1.807) is 0 Å². The van der Waals surface area contributed by atoms with Crippen molar-refractivity contribution in [3.05, 3.63) is 0 Å². The van der Waals surface area contributed by atoms with E-state index in [1.807, 2.05) is 4.90 Å². The van der Waals surface area contributed by atoms with Crippen LogP contribution in [0.4, 0.5) is 0 Å². The molecule has 15 heavy (non-hydrogen) atoms. The molecule has 0 aromatic rings. The van der Waals surface area contributed by atoms with Gasteiger partial charge in [0.2, 0.25) is 5.91 Å². The normalized spacial score (nSPS) is 34.3. The van der Waals surface area contributed by atoms with Crippen LogP contribution in [0.2, 0.25) is 0 Å². The Labute approximate surface area is 92.0 Å². The van der Waals surface area contributed by atoms with Crippen molar-refractivity contribution in [2.24, 2.45) is 11.1 Å². The number of rotatable bonds is 3. The number of hydrogen-bond acceptors (Lipinski definition) is 2. The van der Waals surface area contributed by atoms with E-state index in [1.165, 1.54) is 19.3 Å². The first-order valence-corrected chi connectivity index (χ1v) is 6.13. The van der Waals surface area contributed by atoms with Crippen LogP contribution in [0.15, 0.2) is 0 Å². The summed E-state index contributed by atoms with van der Waals surface area (Å²) in [4.78, 5) is 13.9. The Morgan fingerprint density at radius 2 is 2.20 bits per heavy atom. The largest absolute Gasteiger partial charge is 0.338 e. The van der Waals surface area contributed by atoms with Crippen LogP contribution < -0.4 is 5.73 Å². The van der Waals surface area contributed by atoms with E-state index in [9.17, 15) is 4.79 Å². The molecule has 0 spiro atoms. The Morgan fingerprint density at radius 1 is 1.53 bits per heavy atom. The third-order valence-electron chi connectivity index (χ3n) is 4.15. The first-order chi connectivity index (χ1) is 7.08. The molecule has 0 aromatic heterocycles. The quantitative estimate of drug-likeness (QED) is 0.767. The van der Waals surface area contributed by atoms with Gasteiger partial charge in [-0.25, -0.2) is 0 Å². The smallest absolute Gasteiger partial charge is 0.224 e. The summed E-state index contributed by atoms with van der Waals surface area (Å²) in [6, 6.07) is 0.369. The van der Waals surface area contributed by atoms with Crippen LogP contribution in [0.5, 0.6) is 0 Å². The number of amides is 1. The molecular weight excluding hydrogens is 188 g/mol. The van der Waals surface area contributed by atoms with Gasteiger partial charge in [-0.15, -0.1) is 0 Å². The lowest BCUT2D eigenvalue weighted by Crippen LogP contribution is -2.54. The van der Waals surface area contributed by atoms with E-state index in [0.29, 0.717) is 17.9 Å². The maximum atomic E-state index is 11.8. The summed E-state index contributed by atoms with van der Waals surface area (Å²) in [7, 11) is 0. The monoisotopic (exact) mass is 210 g/mol. The minimum Gasteiger partial charge on any atom is -0.338 e. The topological polar surface area (TPSA) is 46.3 Å². The molecule has 3 heteroatoms. The van der Waals surface area contributed by atoms with Gasteiger partial charge in [0.25, 0.3) is 0 Å². The molecule has 86 valence electrons. The highest BCUT2D eigenvalue weighted by Gasteiger charge is 2.50. The number of carbonyl (C=O) groups excluding carboxylic acids is 1. The molecular formula is C12H22N2O. The molecule has 2 unspecified atom stereocenters. The number of nitrogens with zero attached hydrogens (tertiary/aromatic N) is 1. The Morgan fingerprint density at radius 3 is 2.67 bits per heavy atom. The minimum absolute atomic E-state index is 0.0642. The molecule has 1 saturated heterocycles. The first kappa shape index (κ1) is 10.9. The molecule has 2 fully saturated rings. The van der Waals surface area contributed by atoms with Gasteiger partial charge in [-0.1, -0.05) is 20.3 Å². The Kier molecular flexibility index (Phi) is 2.75. The second-order valence-electron chi connectivity index (χ2n) is 5.41. The van der Waals surface area contributed by atoms with Crippen molar-refractivity contribution in [2.75, 3.05) is 6.54 Å². The molecule has 1 aliphatic carbocycles. The van der Waals surface area contributed by atoms with Crippen molar-refractivity contribution in [2.45, 2.75) is 58.0 Å². The van der Waals surface area contributed by atoms with E-state index in [4.69, 9.17) is 5.73 Å². The molecule has 0 bridgehead atoms. The Balaban J connectivity index is 2.15. The average molecular weight is 210 g/mol. The second kappa shape index (κ2) is 3.78. The maximum absolute atomic E-state index is 11.8. The molecule has 2 aliphatic rings. The highest BCUT2D eigenvalue weighted by Crippen LogP contribution is 2.48. The van der Waals surface area contributed by atoms with Crippen LogP contribution in [0.1, 0.15) is 46.0 Å². The Hall–Kier alpha value is -0.570. The lowest BCUT2D eigenvalue weighted by Gasteiger charge is -2.48. The third kappa shape index (κ3) is 1.67. The van der Waals surface area contributed by atoms with Crippen molar-refractivity contribution < 1.29 is 4.79 Å². The summed E-state index contributed by atoms with van der Waals surface area (Å²) in [6.07, 6.45) is 5.36. The van der Waals surface area contributed by atoms with Gasteiger partial charge in [-0.3, -0.25) is 4.79 Å². The van der Waals surface area contributed by atoms with E-state index >= 15 is 0 Å². The van der Waals surface area contributed by atoms with Gasteiger partial charge in [0.1, 0.15) is 0 Å². The fourth-order valence-corrected chi connectivity index (χ4v) is 3.24. The molecule has 1 amide bonds. The van der Waals surface area contributed by atoms with E-state index in [0.717, 1.165) is 13.0 Å². The van der Waals surface area contributed by atoms with E-state index in [2.05, 4.69) is 13.8 Å². The van der Waals surface area contributed by atoms with Gasteiger partial charge < -0.3 is 10.6 Å². The number of carbonyl (C=O) groups is 1. The van der Waals surface area contributed by atoms with Crippen molar-refractivity contribution >= 4 is 5.91 Å². The highest BCUT2D eigenvalue weighted by atomic mass is 16.2. The van der Waals surface area contributed by atoms with E-state index < -0.39 is 0 Å². The van der Waals surface area contributed by atoms with Crippen LogP contribution in [0, 0.1) is 5.41 Å².